The molecule has 0 aliphatic carbocycles. The van der Waals surface area contributed by atoms with Gasteiger partial charge >= 0.3 is 5.97 Å². The Labute approximate surface area is 67.9 Å². The van der Waals surface area contributed by atoms with Crippen molar-refractivity contribution in [3.63, 3.8) is 0 Å². The van der Waals surface area contributed by atoms with Gasteiger partial charge in [-0.15, -0.1) is 5.92 Å². The molecule has 0 N–H and O–H groups in total. The van der Waals surface area contributed by atoms with Crippen LogP contribution in [0.2, 0.25) is 0 Å². The molecule has 0 radical (unpaired) electrons. The summed E-state index contributed by atoms with van der Waals surface area (Å²) in [4.78, 5) is 10.5. The zero-order valence-electron chi connectivity index (χ0n) is 7.47. The minimum absolute atomic E-state index is 0.252. The van der Waals surface area contributed by atoms with Crippen molar-refractivity contribution in [1.29, 1.82) is 0 Å². The van der Waals surface area contributed by atoms with Crippen LogP contribution in [-0.2, 0) is 9.53 Å². The van der Waals surface area contributed by atoms with Crippen LogP contribution in [0.5, 0.6) is 0 Å². The van der Waals surface area contributed by atoms with Gasteiger partial charge in [0.25, 0.3) is 0 Å². The van der Waals surface area contributed by atoms with Gasteiger partial charge in [0.1, 0.15) is 0 Å². The van der Waals surface area contributed by atoms with E-state index in [0.717, 1.165) is 0 Å². The number of ether oxygens (including phenoxy) is 1. The molecule has 0 aromatic carbocycles. The number of carbonyl (C=O) groups excluding carboxylic acids is 1. The Kier molecular flexibility index (Phi) is 4.36. The van der Waals surface area contributed by atoms with E-state index in [4.69, 9.17) is 4.74 Å². The lowest BCUT2D eigenvalue weighted by atomic mass is 10.1. The highest BCUT2D eigenvalue weighted by Crippen LogP contribution is 2.05. The summed E-state index contributed by atoms with van der Waals surface area (Å²) in [6, 6.07) is 0. The monoisotopic (exact) mass is 154 g/mol. The molecule has 0 aromatic rings. The Morgan fingerprint density at radius 2 is 2.00 bits per heavy atom. The van der Waals surface area contributed by atoms with Gasteiger partial charge in [-0.3, -0.25) is 4.79 Å². The summed E-state index contributed by atoms with van der Waals surface area (Å²) in [7, 11) is 0. The average Bonchev–Trinajstić information content (AvgIpc) is 1.86. The van der Waals surface area contributed by atoms with Crippen LogP contribution in [0.25, 0.3) is 0 Å². The highest BCUT2D eigenvalue weighted by molar-refractivity contribution is 5.66. The van der Waals surface area contributed by atoms with Crippen LogP contribution < -0.4 is 0 Å². The molecule has 1 atom stereocenters. The Morgan fingerprint density at radius 1 is 1.45 bits per heavy atom. The third kappa shape index (κ3) is 4.44. The van der Waals surface area contributed by atoms with Gasteiger partial charge < -0.3 is 4.74 Å². The second-order valence-corrected chi connectivity index (χ2v) is 2.67. The summed E-state index contributed by atoms with van der Waals surface area (Å²) in [6.07, 6.45) is -0.252. The summed E-state index contributed by atoms with van der Waals surface area (Å²) >= 11 is 0. The molecular weight excluding hydrogens is 140 g/mol. The Hall–Kier alpha value is -0.970. The fraction of sp³-hybridized carbons (Fsp3) is 0.667. The highest BCUT2D eigenvalue weighted by Gasteiger charge is 2.12. The molecule has 2 heteroatoms. The van der Waals surface area contributed by atoms with Crippen LogP contribution >= 0.6 is 0 Å². The standard InChI is InChI=1S/C9H14O2/c1-5-6-9(7(2)3)11-8(4)10/h7,9H,1-4H3. The van der Waals surface area contributed by atoms with Crippen LogP contribution in [0.1, 0.15) is 27.7 Å². The first-order valence-corrected chi connectivity index (χ1v) is 3.67. The van der Waals surface area contributed by atoms with Crippen LogP contribution in [-0.4, -0.2) is 12.1 Å². The first kappa shape index (κ1) is 10.0. The maximum absolute atomic E-state index is 10.5. The summed E-state index contributed by atoms with van der Waals surface area (Å²) in [5, 5.41) is 0. The maximum Gasteiger partial charge on any atom is 0.303 e. The zero-order chi connectivity index (χ0) is 8.85. The smallest absolute Gasteiger partial charge is 0.303 e. The molecule has 11 heavy (non-hydrogen) atoms. The lowest BCUT2D eigenvalue weighted by molar-refractivity contribution is -0.145. The zero-order valence-corrected chi connectivity index (χ0v) is 7.47. The van der Waals surface area contributed by atoms with Crippen LogP contribution in [0, 0.1) is 17.8 Å². The molecule has 0 bridgehead atoms. The van der Waals surface area contributed by atoms with Crippen molar-refractivity contribution in [3.05, 3.63) is 0 Å². The molecule has 0 aromatic heterocycles. The molecule has 0 saturated carbocycles. The van der Waals surface area contributed by atoms with Gasteiger partial charge in [-0.1, -0.05) is 19.8 Å². The molecule has 0 rings (SSSR count). The topological polar surface area (TPSA) is 26.3 Å². The fourth-order valence-corrected chi connectivity index (χ4v) is 0.653. The van der Waals surface area contributed by atoms with E-state index >= 15 is 0 Å². The van der Waals surface area contributed by atoms with Gasteiger partial charge in [-0.2, -0.15) is 0 Å². The van der Waals surface area contributed by atoms with E-state index in [2.05, 4.69) is 11.8 Å². The number of hydrogen-bond donors (Lipinski definition) is 0. The lowest BCUT2D eigenvalue weighted by Crippen LogP contribution is -2.20. The van der Waals surface area contributed by atoms with E-state index in [1.165, 1.54) is 6.92 Å². The fourth-order valence-electron chi connectivity index (χ4n) is 0.653. The van der Waals surface area contributed by atoms with Crippen molar-refractivity contribution in [1.82, 2.24) is 0 Å². The second-order valence-electron chi connectivity index (χ2n) is 2.67. The van der Waals surface area contributed by atoms with Crippen molar-refractivity contribution < 1.29 is 9.53 Å². The Morgan fingerprint density at radius 3 is 2.27 bits per heavy atom. The van der Waals surface area contributed by atoms with Crippen molar-refractivity contribution >= 4 is 5.97 Å². The number of hydrogen-bond acceptors (Lipinski definition) is 2. The molecule has 0 fully saturated rings. The molecule has 0 aliphatic rings. The Bertz CT molecular complexity index is 183. The normalized spacial score (nSPS) is 11.7. The second kappa shape index (κ2) is 4.79. The van der Waals surface area contributed by atoms with E-state index in [9.17, 15) is 4.79 Å². The predicted molar refractivity (Wildman–Crippen MR) is 43.8 cm³/mol. The van der Waals surface area contributed by atoms with E-state index in [-0.39, 0.29) is 18.0 Å². The van der Waals surface area contributed by atoms with Gasteiger partial charge in [0.15, 0.2) is 6.10 Å². The average molecular weight is 154 g/mol. The first-order valence-electron chi connectivity index (χ1n) is 3.67. The summed E-state index contributed by atoms with van der Waals surface area (Å²) in [6.45, 7) is 7.07. The van der Waals surface area contributed by atoms with Crippen molar-refractivity contribution in [2.75, 3.05) is 0 Å². The largest absolute Gasteiger partial charge is 0.449 e. The van der Waals surface area contributed by atoms with Crippen LogP contribution in [0.15, 0.2) is 0 Å². The minimum Gasteiger partial charge on any atom is -0.449 e. The Balaban J connectivity index is 4.07. The highest BCUT2D eigenvalue weighted by atomic mass is 16.5. The third-order valence-corrected chi connectivity index (χ3v) is 1.19. The van der Waals surface area contributed by atoms with Gasteiger partial charge in [0, 0.05) is 12.8 Å². The lowest BCUT2D eigenvalue weighted by Gasteiger charge is -2.13. The van der Waals surface area contributed by atoms with E-state index < -0.39 is 0 Å². The van der Waals surface area contributed by atoms with Crippen molar-refractivity contribution in [2.24, 2.45) is 5.92 Å². The first-order chi connectivity index (χ1) is 5.07. The third-order valence-electron chi connectivity index (χ3n) is 1.19. The quantitative estimate of drug-likeness (QED) is 0.446. The molecular formula is C9H14O2. The molecule has 2 nitrogen and oxygen atoms in total. The maximum atomic E-state index is 10.5. The van der Waals surface area contributed by atoms with Gasteiger partial charge in [0.2, 0.25) is 0 Å². The minimum atomic E-state index is -0.272. The van der Waals surface area contributed by atoms with Gasteiger partial charge in [-0.25, -0.2) is 0 Å². The molecule has 1 unspecified atom stereocenters. The number of esters is 1. The molecule has 62 valence electrons. The van der Waals surface area contributed by atoms with Gasteiger partial charge in [0.05, 0.1) is 0 Å². The summed E-state index contributed by atoms with van der Waals surface area (Å²) in [5.41, 5.74) is 0. The van der Waals surface area contributed by atoms with Crippen molar-refractivity contribution in [2.45, 2.75) is 33.8 Å². The molecule has 0 amide bonds. The number of carbonyl (C=O) groups is 1. The summed E-state index contributed by atoms with van der Waals surface area (Å²) in [5.74, 6) is 5.53. The van der Waals surface area contributed by atoms with Gasteiger partial charge in [-0.05, 0) is 6.92 Å². The predicted octanol–water partition coefficient (Wildman–Crippen LogP) is 1.60. The van der Waals surface area contributed by atoms with Crippen LogP contribution in [0.4, 0.5) is 0 Å². The van der Waals surface area contributed by atoms with Crippen molar-refractivity contribution in [3.8, 4) is 11.8 Å². The molecule has 0 aliphatic heterocycles. The number of rotatable bonds is 2. The molecule has 0 saturated heterocycles. The molecule has 0 heterocycles. The van der Waals surface area contributed by atoms with E-state index in [1.54, 1.807) is 6.92 Å². The SMILES string of the molecule is CC#CC(OC(C)=O)C(C)C. The summed E-state index contributed by atoms with van der Waals surface area (Å²) < 4.78 is 4.94. The van der Waals surface area contributed by atoms with E-state index in [0.29, 0.717) is 0 Å². The molecule has 0 spiro atoms. The van der Waals surface area contributed by atoms with E-state index in [1.807, 2.05) is 13.8 Å². The van der Waals surface area contributed by atoms with Crippen LogP contribution in [0.3, 0.4) is 0 Å².